The maximum absolute atomic E-state index is 10.6. The summed E-state index contributed by atoms with van der Waals surface area (Å²) in [4.78, 5) is 16.4. The zero-order chi connectivity index (χ0) is 10.1. The first-order chi connectivity index (χ1) is 6.66. The average Bonchev–Trinajstić information content (AvgIpc) is 2.70. The third kappa shape index (κ3) is 1.71. The van der Waals surface area contributed by atoms with E-state index in [1.807, 2.05) is 4.90 Å². The van der Waals surface area contributed by atoms with Gasteiger partial charge in [0.2, 0.25) is 0 Å². The molecular formula is C8H10N2O3S. The van der Waals surface area contributed by atoms with Crippen LogP contribution < -0.4 is 4.90 Å². The Morgan fingerprint density at radius 1 is 1.71 bits per heavy atom. The van der Waals surface area contributed by atoms with E-state index >= 15 is 0 Å². The van der Waals surface area contributed by atoms with Crippen molar-refractivity contribution in [2.75, 3.05) is 18.0 Å². The standard InChI is InChI=1S/C8H10N2O3S/c11-5-1-2-10(3-5)8-9-6(4-14-8)7(12)13/h4-5,11H,1-3H2,(H,12,13)/t5-/m1/s1. The van der Waals surface area contributed by atoms with E-state index in [2.05, 4.69) is 4.98 Å². The van der Waals surface area contributed by atoms with Crippen LogP contribution in [0.3, 0.4) is 0 Å². The number of carboxylic acid groups (broad SMARTS) is 1. The first-order valence-corrected chi connectivity index (χ1v) is 5.16. The Labute approximate surface area is 84.6 Å². The zero-order valence-corrected chi connectivity index (χ0v) is 8.20. The fourth-order valence-corrected chi connectivity index (χ4v) is 2.26. The van der Waals surface area contributed by atoms with Crippen molar-refractivity contribution < 1.29 is 15.0 Å². The van der Waals surface area contributed by atoms with Gasteiger partial charge >= 0.3 is 5.97 Å². The first-order valence-electron chi connectivity index (χ1n) is 4.28. The second kappa shape index (κ2) is 3.55. The summed E-state index contributed by atoms with van der Waals surface area (Å²) in [6.45, 7) is 1.29. The van der Waals surface area contributed by atoms with Gasteiger partial charge in [-0.15, -0.1) is 11.3 Å². The van der Waals surface area contributed by atoms with Crippen molar-refractivity contribution in [3.63, 3.8) is 0 Å². The molecule has 1 aromatic heterocycles. The van der Waals surface area contributed by atoms with Gasteiger partial charge in [0.1, 0.15) is 0 Å². The molecule has 76 valence electrons. The molecule has 0 amide bonds. The number of thiazole rings is 1. The molecule has 5 nitrogen and oxygen atoms in total. The lowest BCUT2D eigenvalue weighted by Gasteiger charge is -2.12. The molecule has 1 aliphatic rings. The molecule has 0 spiro atoms. The zero-order valence-electron chi connectivity index (χ0n) is 7.38. The van der Waals surface area contributed by atoms with E-state index in [0.717, 1.165) is 13.0 Å². The minimum absolute atomic E-state index is 0.0754. The maximum Gasteiger partial charge on any atom is 0.355 e. The van der Waals surface area contributed by atoms with E-state index in [4.69, 9.17) is 5.11 Å². The quantitative estimate of drug-likeness (QED) is 0.746. The maximum atomic E-state index is 10.6. The molecule has 1 aromatic rings. The number of aromatic nitrogens is 1. The van der Waals surface area contributed by atoms with Crippen molar-refractivity contribution in [2.45, 2.75) is 12.5 Å². The van der Waals surface area contributed by atoms with Crippen molar-refractivity contribution in [1.29, 1.82) is 0 Å². The monoisotopic (exact) mass is 214 g/mol. The molecule has 0 aliphatic carbocycles. The van der Waals surface area contributed by atoms with Crippen LogP contribution in [0, 0.1) is 0 Å². The molecule has 0 aromatic carbocycles. The van der Waals surface area contributed by atoms with E-state index < -0.39 is 5.97 Å². The van der Waals surface area contributed by atoms with Crippen LogP contribution >= 0.6 is 11.3 Å². The molecule has 1 saturated heterocycles. The third-order valence-corrected chi connectivity index (χ3v) is 3.05. The SMILES string of the molecule is O=C(O)c1csc(N2CC[C@@H](O)C2)n1. The van der Waals surface area contributed by atoms with Crippen LogP contribution in [0.5, 0.6) is 0 Å². The Morgan fingerprint density at radius 2 is 2.50 bits per heavy atom. The highest BCUT2D eigenvalue weighted by Crippen LogP contribution is 2.24. The lowest BCUT2D eigenvalue weighted by Crippen LogP contribution is -2.21. The number of carboxylic acids is 1. The summed E-state index contributed by atoms with van der Waals surface area (Å²) in [5.41, 5.74) is 0.0754. The molecule has 0 unspecified atom stereocenters. The molecule has 2 rings (SSSR count). The molecule has 14 heavy (non-hydrogen) atoms. The molecule has 0 saturated carbocycles. The van der Waals surface area contributed by atoms with Crippen molar-refractivity contribution in [3.05, 3.63) is 11.1 Å². The second-order valence-corrected chi connectivity index (χ2v) is 4.05. The van der Waals surface area contributed by atoms with Crippen LogP contribution in [0.15, 0.2) is 5.38 Å². The number of hydrogen-bond donors (Lipinski definition) is 2. The summed E-state index contributed by atoms with van der Waals surface area (Å²) >= 11 is 1.30. The molecule has 1 fully saturated rings. The largest absolute Gasteiger partial charge is 0.476 e. The van der Waals surface area contributed by atoms with E-state index in [9.17, 15) is 9.90 Å². The lowest BCUT2D eigenvalue weighted by atomic mass is 10.3. The van der Waals surface area contributed by atoms with Crippen molar-refractivity contribution >= 4 is 22.4 Å². The normalized spacial score (nSPS) is 21.5. The van der Waals surface area contributed by atoms with Crippen LogP contribution in [-0.2, 0) is 0 Å². The predicted octanol–water partition coefficient (Wildman–Crippen LogP) is 0.412. The fraction of sp³-hybridized carbons (Fsp3) is 0.500. The van der Waals surface area contributed by atoms with Crippen LogP contribution in [0.4, 0.5) is 5.13 Å². The molecule has 2 heterocycles. The van der Waals surface area contributed by atoms with Gasteiger partial charge in [-0.05, 0) is 6.42 Å². The van der Waals surface area contributed by atoms with E-state index in [1.54, 1.807) is 0 Å². The molecule has 2 N–H and O–H groups in total. The number of anilines is 1. The van der Waals surface area contributed by atoms with Gasteiger partial charge in [-0.25, -0.2) is 9.78 Å². The molecule has 6 heteroatoms. The second-order valence-electron chi connectivity index (χ2n) is 3.21. The van der Waals surface area contributed by atoms with E-state index in [-0.39, 0.29) is 11.8 Å². The highest BCUT2D eigenvalue weighted by atomic mass is 32.1. The van der Waals surface area contributed by atoms with Crippen LogP contribution in [0.2, 0.25) is 0 Å². The minimum atomic E-state index is -1.01. The summed E-state index contributed by atoms with van der Waals surface area (Å²) in [5, 5.41) is 20.2. The Hall–Kier alpha value is -1.14. The topological polar surface area (TPSA) is 73.7 Å². The molecule has 1 atom stereocenters. The van der Waals surface area contributed by atoms with Gasteiger partial charge in [0.15, 0.2) is 10.8 Å². The number of rotatable bonds is 2. The van der Waals surface area contributed by atoms with Crippen LogP contribution in [-0.4, -0.2) is 40.4 Å². The Bertz CT molecular complexity index is 352. The molecule has 1 aliphatic heterocycles. The minimum Gasteiger partial charge on any atom is -0.476 e. The van der Waals surface area contributed by atoms with Gasteiger partial charge in [0, 0.05) is 18.5 Å². The molecule has 0 radical (unpaired) electrons. The molecular weight excluding hydrogens is 204 g/mol. The predicted molar refractivity (Wildman–Crippen MR) is 51.9 cm³/mol. The van der Waals surface area contributed by atoms with Crippen molar-refractivity contribution in [2.24, 2.45) is 0 Å². The van der Waals surface area contributed by atoms with Gasteiger partial charge < -0.3 is 15.1 Å². The fourth-order valence-electron chi connectivity index (χ4n) is 1.42. The number of aromatic carboxylic acids is 1. The Morgan fingerprint density at radius 3 is 3.00 bits per heavy atom. The summed E-state index contributed by atoms with van der Waals surface area (Å²) in [6, 6.07) is 0. The average molecular weight is 214 g/mol. The molecule has 0 bridgehead atoms. The van der Waals surface area contributed by atoms with Gasteiger partial charge in [0.05, 0.1) is 6.10 Å². The number of aliphatic hydroxyl groups excluding tert-OH is 1. The third-order valence-electron chi connectivity index (χ3n) is 2.15. The number of hydrogen-bond acceptors (Lipinski definition) is 5. The summed E-state index contributed by atoms with van der Waals surface area (Å²) in [7, 11) is 0. The van der Waals surface area contributed by atoms with E-state index in [0.29, 0.717) is 11.7 Å². The van der Waals surface area contributed by atoms with Crippen molar-refractivity contribution in [1.82, 2.24) is 4.98 Å². The van der Waals surface area contributed by atoms with Gasteiger partial charge in [-0.2, -0.15) is 0 Å². The Balaban J connectivity index is 2.13. The van der Waals surface area contributed by atoms with E-state index in [1.165, 1.54) is 16.7 Å². The van der Waals surface area contributed by atoms with Crippen LogP contribution in [0.25, 0.3) is 0 Å². The summed E-state index contributed by atoms with van der Waals surface area (Å²) in [6.07, 6.45) is 0.411. The highest BCUT2D eigenvalue weighted by Gasteiger charge is 2.23. The van der Waals surface area contributed by atoms with Crippen LogP contribution in [0.1, 0.15) is 16.9 Å². The number of nitrogens with zero attached hydrogens (tertiary/aromatic N) is 2. The number of aliphatic hydroxyl groups is 1. The van der Waals surface area contributed by atoms with Gasteiger partial charge in [-0.3, -0.25) is 0 Å². The lowest BCUT2D eigenvalue weighted by molar-refractivity contribution is 0.0691. The van der Waals surface area contributed by atoms with Crippen molar-refractivity contribution in [3.8, 4) is 0 Å². The smallest absolute Gasteiger partial charge is 0.355 e. The highest BCUT2D eigenvalue weighted by molar-refractivity contribution is 7.13. The first kappa shape index (κ1) is 9.42. The number of β-amino-alcohol motifs (C(OH)–C–C–N with tert-alkyl or cyclic N) is 1. The summed E-state index contributed by atoms with van der Waals surface area (Å²) in [5.74, 6) is -1.01. The van der Waals surface area contributed by atoms with Gasteiger partial charge in [0.25, 0.3) is 0 Å². The summed E-state index contributed by atoms with van der Waals surface area (Å²) < 4.78 is 0. The Kier molecular flexibility index (Phi) is 2.39. The van der Waals surface area contributed by atoms with Gasteiger partial charge in [-0.1, -0.05) is 0 Å². The number of carbonyl (C=O) groups is 1.